The number of nitrogens with one attached hydrogen (secondary N) is 1. The van der Waals surface area contributed by atoms with E-state index < -0.39 is 6.10 Å². The van der Waals surface area contributed by atoms with Crippen LogP contribution in [0.25, 0.3) is 0 Å². The van der Waals surface area contributed by atoms with Crippen molar-refractivity contribution in [1.82, 2.24) is 5.32 Å². The van der Waals surface area contributed by atoms with Crippen molar-refractivity contribution in [3.05, 3.63) is 65.6 Å². The van der Waals surface area contributed by atoms with Gasteiger partial charge in [-0.25, -0.2) is 0 Å². The lowest BCUT2D eigenvalue weighted by Crippen LogP contribution is -2.28. The van der Waals surface area contributed by atoms with E-state index in [0.29, 0.717) is 23.7 Å². The van der Waals surface area contributed by atoms with Crippen molar-refractivity contribution in [3.63, 3.8) is 0 Å². The quantitative estimate of drug-likeness (QED) is 0.770. The molecule has 23 heavy (non-hydrogen) atoms. The fraction of sp³-hybridized carbons (Fsp3) is 0.278. The van der Waals surface area contributed by atoms with Gasteiger partial charge in [-0.3, -0.25) is 4.79 Å². The molecule has 0 aliphatic carbocycles. The van der Waals surface area contributed by atoms with Gasteiger partial charge in [-0.1, -0.05) is 11.6 Å². The molecule has 1 heterocycles. The normalized spacial score (nSPS) is 11.6. The molecule has 1 unspecified atom stereocenters. The lowest BCUT2D eigenvalue weighted by Gasteiger charge is -2.10. The maximum absolute atomic E-state index is 12.1. The molecule has 1 aromatic heterocycles. The molecule has 0 fully saturated rings. The molecule has 0 saturated heterocycles. The van der Waals surface area contributed by atoms with Crippen molar-refractivity contribution >= 4 is 5.91 Å². The molecule has 1 atom stereocenters. The van der Waals surface area contributed by atoms with Crippen LogP contribution < -0.4 is 10.1 Å². The lowest BCUT2D eigenvalue weighted by molar-refractivity contribution is 0.0900. The zero-order valence-electron chi connectivity index (χ0n) is 13.3. The number of aliphatic hydroxyl groups is 1. The summed E-state index contributed by atoms with van der Waals surface area (Å²) >= 11 is 0. The Morgan fingerprint density at radius 1 is 1.35 bits per heavy atom. The highest BCUT2D eigenvalue weighted by atomic mass is 16.5. The SMILES string of the molecule is CC(C)=CCOc1cccc(C(=O)NCC(O)c2ccco2)c1. The van der Waals surface area contributed by atoms with E-state index in [1.807, 2.05) is 19.9 Å². The molecule has 5 nitrogen and oxygen atoms in total. The molecule has 2 rings (SSSR count). The molecule has 0 aliphatic rings. The van der Waals surface area contributed by atoms with Crippen LogP contribution in [0.5, 0.6) is 5.75 Å². The minimum Gasteiger partial charge on any atom is -0.490 e. The van der Waals surface area contributed by atoms with E-state index >= 15 is 0 Å². The summed E-state index contributed by atoms with van der Waals surface area (Å²) in [5.41, 5.74) is 1.65. The van der Waals surface area contributed by atoms with E-state index in [9.17, 15) is 9.90 Å². The number of aliphatic hydroxyl groups excluding tert-OH is 1. The number of furan rings is 1. The molecule has 0 aliphatic heterocycles. The molecule has 2 N–H and O–H groups in total. The Morgan fingerprint density at radius 2 is 2.17 bits per heavy atom. The summed E-state index contributed by atoms with van der Waals surface area (Å²) in [7, 11) is 0. The molecule has 0 spiro atoms. The summed E-state index contributed by atoms with van der Waals surface area (Å²) in [5.74, 6) is 0.772. The Labute approximate surface area is 135 Å². The fourth-order valence-electron chi connectivity index (χ4n) is 1.90. The van der Waals surface area contributed by atoms with Gasteiger partial charge in [0.25, 0.3) is 5.91 Å². The fourth-order valence-corrected chi connectivity index (χ4v) is 1.90. The van der Waals surface area contributed by atoms with Gasteiger partial charge >= 0.3 is 0 Å². The monoisotopic (exact) mass is 315 g/mol. The van der Waals surface area contributed by atoms with E-state index in [1.165, 1.54) is 11.8 Å². The van der Waals surface area contributed by atoms with Gasteiger partial charge in [-0.2, -0.15) is 0 Å². The van der Waals surface area contributed by atoms with Crippen molar-refractivity contribution in [2.45, 2.75) is 20.0 Å². The largest absolute Gasteiger partial charge is 0.490 e. The second kappa shape index (κ2) is 8.19. The van der Waals surface area contributed by atoms with Gasteiger partial charge in [0.2, 0.25) is 0 Å². The van der Waals surface area contributed by atoms with Crippen LogP contribution in [0.4, 0.5) is 0 Å². The summed E-state index contributed by atoms with van der Waals surface area (Å²) in [6, 6.07) is 10.3. The smallest absolute Gasteiger partial charge is 0.251 e. The molecule has 0 bridgehead atoms. The van der Waals surface area contributed by atoms with Gasteiger partial charge in [0.1, 0.15) is 24.2 Å². The van der Waals surface area contributed by atoms with E-state index in [-0.39, 0.29) is 12.5 Å². The average Bonchev–Trinajstić information content (AvgIpc) is 3.06. The molecule has 0 saturated carbocycles. The molecule has 1 amide bonds. The highest BCUT2D eigenvalue weighted by Crippen LogP contribution is 2.15. The predicted octanol–water partition coefficient (Wildman–Crippen LogP) is 3.09. The van der Waals surface area contributed by atoms with Crippen LogP contribution in [0.1, 0.15) is 36.1 Å². The van der Waals surface area contributed by atoms with Crippen LogP contribution in [-0.2, 0) is 0 Å². The summed E-state index contributed by atoms with van der Waals surface area (Å²) in [4.78, 5) is 12.1. The van der Waals surface area contributed by atoms with Crippen molar-refractivity contribution in [1.29, 1.82) is 0 Å². The third-order valence-corrected chi connectivity index (χ3v) is 3.17. The van der Waals surface area contributed by atoms with Crippen LogP contribution in [0.15, 0.2) is 58.7 Å². The second-order valence-electron chi connectivity index (χ2n) is 5.36. The number of benzene rings is 1. The first kappa shape index (κ1) is 16.8. The zero-order chi connectivity index (χ0) is 16.7. The Kier molecular flexibility index (Phi) is 6.00. The first-order chi connectivity index (χ1) is 11.1. The first-order valence-electron chi connectivity index (χ1n) is 7.42. The second-order valence-corrected chi connectivity index (χ2v) is 5.36. The predicted molar refractivity (Wildman–Crippen MR) is 87.4 cm³/mol. The topological polar surface area (TPSA) is 71.7 Å². The highest BCUT2D eigenvalue weighted by molar-refractivity contribution is 5.94. The van der Waals surface area contributed by atoms with E-state index in [1.54, 1.807) is 36.4 Å². The Hall–Kier alpha value is -2.53. The van der Waals surface area contributed by atoms with E-state index in [2.05, 4.69) is 5.32 Å². The molecular formula is C18H21NO4. The number of hydrogen-bond acceptors (Lipinski definition) is 4. The summed E-state index contributed by atoms with van der Waals surface area (Å²) in [5, 5.41) is 12.6. The number of rotatable bonds is 7. The zero-order valence-corrected chi connectivity index (χ0v) is 13.3. The molecule has 122 valence electrons. The molecule has 5 heteroatoms. The van der Waals surface area contributed by atoms with Crippen LogP contribution in [0.2, 0.25) is 0 Å². The maximum atomic E-state index is 12.1. The standard InChI is InChI=1S/C18H21NO4/c1-13(2)8-10-22-15-6-3-5-14(11-15)18(21)19-12-16(20)17-7-4-9-23-17/h3-9,11,16,20H,10,12H2,1-2H3,(H,19,21). The van der Waals surface area contributed by atoms with Crippen LogP contribution in [0, 0.1) is 0 Å². The summed E-state index contributed by atoms with van der Waals surface area (Å²) < 4.78 is 10.7. The molecule has 1 aromatic carbocycles. The number of allylic oxidation sites excluding steroid dienone is 1. The molecule has 0 radical (unpaired) electrons. The Bertz CT molecular complexity index is 657. The minimum absolute atomic E-state index is 0.0786. The molecule has 2 aromatic rings. The van der Waals surface area contributed by atoms with Gasteiger partial charge in [0, 0.05) is 5.56 Å². The van der Waals surface area contributed by atoms with Crippen LogP contribution in [-0.4, -0.2) is 24.2 Å². The van der Waals surface area contributed by atoms with Gasteiger partial charge in [-0.05, 0) is 50.3 Å². The van der Waals surface area contributed by atoms with Crippen LogP contribution >= 0.6 is 0 Å². The lowest BCUT2D eigenvalue weighted by atomic mass is 10.2. The highest BCUT2D eigenvalue weighted by Gasteiger charge is 2.13. The molecular weight excluding hydrogens is 294 g/mol. The summed E-state index contributed by atoms with van der Waals surface area (Å²) in [6.45, 7) is 4.54. The van der Waals surface area contributed by atoms with Crippen molar-refractivity contribution in [3.8, 4) is 5.75 Å². The van der Waals surface area contributed by atoms with Crippen molar-refractivity contribution in [2.75, 3.05) is 13.2 Å². The van der Waals surface area contributed by atoms with Crippen molar-refractivity contribution in [2.24, 2.45) is 0 Å². The minimum atomic E-state index is -0.869. The summed E-state index contributed by atoms with van der Waals surface area (Å²) in [6.07, 6.45) is 2.58. The first-order valence-corrected chi connectivity index (χ1v) is 7.42. The van der Waals surface area contributed by atoms with E-state index in [4.69, 9.17) is 9.15 Å². The van der Waals surface area contributed by atoms with Crippen molar-refractivity contribution < 1.29 is 19.1 Å². The number of hydrogen-bond donors (Lipinski definition) is 2. The van der Waals surface area contributed by atoms with Gasteiger partial charge in [-0.15, -0.1) is 0 Å². The number of carbonyl (C=O) groups is 1. The number of carbonyl (C=O) groups excluding carboxylic acids is 1. The third-order valence-electron chi connectivity index (χ3n) is 3.17. The number of amides is 1. The van der Waals surface area contributed by atoms with Crippen LogP contribution in [0.3, 0.4) is 0 Å². The van der Waals surface area contributed by atoms with E-state index in [0.717, 1.165) is 0 Å². The number of ether oxygens (including phenoxy) is 1. The Balaban J connectivity index is 1.90. The van der Waals surface area contributed by atoms with Gasteiger partial charge in [0.15, 0.2) is 0 Å². The average molecular weight is 315 g/mol. The third kappa shape index (κ3) is 5.30. The Morgan fingerprint density at radius 3 is 2.87 bits per heavy atom. The van der Waals surface area contributed by atoms with Gasteiger partial charge < -0.3 is 19.6 Å². The van der Waals surface area contributed by atoms with Gasteiger partial charge in [0.05, 0.1) is 12.8 Å². The maximum Gasteiger partial charge on any atom is 0.251 e.